The Hall–Kier alpha value is -3.86. The van der Waals surface area contributed by atoms with Crippen LogP contribution in [0.2, 0.25) is 0 Å². The minimum atomic E-state index is -0.572. The van der Waals surface area contributed by atoms with Crippen LogP contribution < -0.4 is 10.1 Å². The van der Waals surface area contributed by atoms with Crippen molar-refractivity contribution in [3.05, 3.63) is 64.5 Å². The number of amides is 1. The van der Waals surface area contributed by atoms with Crippen LogP contribution in [0.4, 0.5) is 11.4 Å². The van der Waals surface area contributed by atoms with E-state index in [1.165, 1.54) is 35.9 Å². The maximum Gasteiger partial charge on any atom is 0.311 e. The molecular formula is C18H14N6O4S. The molecule has 0 aliphatic rings. The summed E-state index contributed by atoms with van der Waals surface area (Å²) in [5, 5.41) is 26.8. The van der Waals surface area contributed by atoms with E-state index < -0.39 is 10.8 Å². The summed E-state index contributed by atoms with van der Waals surface area (Å²) in [5.74, 6) is -0.328. The Bertz CT molecular complexity index is 1170. The fourth-order valence-electron chi connectivity index (χ4n) is 2.65. The number of nitrogens with zero attached hydrogens (tertiary/aromatic N) is 5. The van der Waals surface area contributed by atoms with E-state index in [1.807, 2.05) is 12.1 Å². The van der Waals surface area contributed by atoms with Crippen LogP contribution >= 0.6 is 11.3 Å². The van der Waals surface area contributed by atoms with Crippen LogP contribution in [0.5, 0.6) is 5.75 Å². The molecule has 4 rings (SSSR count). The quantitative estimate of drug-likeness (QED) is 0.381. The maximum atomic E-state index is 12.5. The van der Waals surface area contributed by atoms with Crippen molar-refractivity contribution in [2.24, 2.45) is 0 Å². The molecule has 0 unspecified atom stereocenters. The first-order valence-electron chi connectivity index (χ1n) is 8.55. The Labute approximate surface area is 167 Å². The molecule has 1 N–H and O–H groups in total. The van der Waals surface area contributed by atoms with Crippen LogP contribution in [0.3, 0.4) is 0 Å². The first kappa shape index (κ1) is 18.5. The van der Waals surface area contributed by atoms with Gasteiger partial charge in [-0.15, -0.1) is 10.2 Å². The second-order valence-corrected chi connectivity index (χ2v) is 6.83. The highest BCUT2D eigenvalue weighted by atomic mass is 32.1. The Morgan fingerprint density at radius 1 is 1.28 bits per heavy atom. The largest absolute Gasteiger partial charge is 0.487 e. The normalized spacial score (nSPS) is 10.8. The molecule has 4 aromatic rings. The zero-order valence-corrected chi connectivity index (χ0v) is 15.9. The smallest absolute Gasteiger partial charge is 0.311 e. The summed E-state index contributed by atoms with van der Waals surface area (Å²) >= 11 is 1.40. The first-order valence-corrected chi connectivity index (χ1v) is 9.36. The van der Waals surface area contributed by atoms with Crippen LogP contribution in [-0.4, -0.2) is 37.2 Å². The molecule has 2 heterocycles. The average molecular weight is 410 g/mol. The van der Waals surface area contributed by atoms with E-state index in [9.17, 15) is 14.9 Å². The zero-order valence-electron chi connectivity index (χ0n) is 15.1. The van der Waals surface area contributed by atoms with E-state index in [0.717, 1.165) is 10.6 Å². The van der Waals surface area contributed by atoms with Gasteiger partial charge >= 0.3 is 5.69 Å². The molecule has 0 saturated carbocycles. The molecule has 0 saturated heterocycles. The van der Waals surface area contributed by atoms with Gasteiger partial charge in [-0.05, 0) is 43.3 Å². The van der Waals surface area contributed by atoms with Gasteiger partial charge in [0.25, 0.3) is 5.91 Å². The van der Waals surface area contributed by atoms with Gasteiger partial charge in [-0.1, -0.05) is 11.3 Å². The summed E-state index contributed by atoms with van der Waals surface area (Å²) in [4.78, 5) is 23.8. The summed E-state index contributed by atoms with van der Waals surface area (Å²) in [6.45, 7) is 2.02. The van der Waals surface area contributed by atoms with Crippen molar-refractivity contribution in [3.8, 4) is 16.3 Å². The van der Waals surface area contributed by atoms with Crippen LogP contribution in [0.25, 0.3) is 15.5 Å². The molecule has 11 heteroatoms. The number of ether oxygens (including phenoxy) is 1. The van der Waals surface area contributed by atoms with Gasteiger partial charge in [0.2, 0.25) is 4.96 Å². The maximum absolute atomic E-state index is 12.5. The number of nitro groups is 1. The number of nitro benzene ring substituents is 1. The van der Waals surface area contributed by atoms with E-state index >= 15 is 0 Å². The van der Waals surface area contributed by atoms with Crippen LogP contribution in [0, 0.1) is 10.1 Å². The van der Waals surface area contributed by atoms with Crippen molar-refractivity contribution in [2.45, 2.75) is 6.92 Å². The lowest BCUT2D eigenvalue weighted by molar-refractivity contribution is -0.385. The average Bonchev–Trinajstić information content (AvgIpc) is 3.31. The van der Waals surface area contributed by atoms with Gasteiger partial charge in [-0.3, -0.25) is 14.9 Å². The Morgan fingerprint density at radius 2 is 2.07 bits per heavy atom. The summed E-state index contributed by atoms with van der Waals surface area (Å²) in [5.41, 5.74) is 1.34. The molecular weight excluding hydrogens is 396 g/mol. The number of carbonyl (C=O) groups is 1. The van der Waals surface area contributed by atoms with Gasteiger partial charge in [0, 0.05) is 22.9 Å². The SMILES string of the molecule is CCOc1ccc(C(=O)Nc2ccc(-c3nn4cnnc4s3)cc2)cc1[N+](=O)[O-]. The molecule has 1 amide bonds. The molecule has 0 fully saturated rings. The van der Waals surface area contributed by atoms with Gasteiger partial charge < -0.3 is 10.1 Å². The van der Waals surface area contributed by atoms with E-state index in [1.54, 1.807) is 23.6 Å². The molecule has 0 aliphatic heterocycles. The monoisotopic (exact) mass is 410 g/mol. The third-order valence-electron chi connectivity index (χ3n) is 3.99. The number of carbonyl (C=O) groups excluding carboxylic acids is 1. The predicted molar refractivity (Wildman–Crippen MR) is 106 cm³/mol. The molecule has 0 bridgehead atoms. The Morgan fingerprint density at radius 3 is 2.76 bits per heavy atom. The highest BCUT2D eigenvalue weighted by molar-refractivity contribution is 7.19. The Kier molecular flexibility index (Phi) is 4.87. The van der Waals surface area contributed by atoms with Gasteiger partial charge in [0.05, 0.1) is 11.5 Å². The van der Waals surface area contributed by atoms with Crippen molar-refractivity contribution < 1.29 is 14.5 Å². The lowest BCUT2D eigenvalue weighted by atomic mass is 10.1. The van der Waals surface area contributed by atoms with Crippen LogP contribution in [0.1, 0.15) is 17.3 Å². The predicted octanol–water partition coefficient (Wildman–Crippen LogP) is 3.41. The van der Waals surface area contributed by atoms with Crippen LogP contribution in [0.15, 0.2) is 48.8 Å². The molecule has 0 spiro atoms. The topological polar surface area (TPSA) is 125 Å². The molecule has 2 aromatic heterocycles. The molecule has 29 heavy (non-hydrogen) atoms. The minimum Gasteiger partial charge on any atom is -0.487 e. The minimum absolute atomic E-state index is 0.128. The lowest BCUT2D eigenvalue weighted by Gasteiger charge is -2.08. The number of hydrogen-bond donors (Lipinski definition) is 1. The first-order chi connectivity index (χ1) is 14.0. The van der Waals surface area contributed by atoms with Crippen molar-refractivity contribution in [2.75, 3.05) is 11.9 Å². The third-order valence-corrected chi connectivity index (χ3v) is 4.96. The molecule has 0 atom stereocenters. The van der Waals surface area contributed by atoms with E-state index in [0.29, 0.717) is 17.3 Å². The number of aromatic nitrogens is 4. The van der Waals surface area contributed by atoms with Gasteiger partial charge in [-0.2, -0.15) is 9.61 Å². The molecule has 0 aliphatic carbocycles. The summed E-state index contributed by atoms with van der Waals surface area (Å²) in [7, 11) is 0. The number of nitrogens with one attached hydrogen (secondary N) is 1. The summed E-state index contributed by atoms with van der Waals surface area (Å²) in [6, 6.07) is 11.2. The number of fused-ring (bicyclic) bond motifs is 1. The van der Waals surface area contributed by atoms with Gasteiger partial charge in [-0.25, -0.2) is 0 Å². The number of benzene rings is 2. The Balaban J connectivity index is 1.51. The van der Waals surface area contributed by atoms with Crippen molar-refractivity contribution in [1.29, 1.82) is 0 Å². The highest BCUT2D eigenvalue weighted by Crippen LogP contribution is 2.29. The molecule has 10 nitrogen and oxygen atoms in total. The second-order valence-electron chi connectivity index (χ2n) is 5.87. The second kappa shape index (κ2) is 7.64. The van der Waals surface area contributed by atoms with E-state index in [-0.39, 0.29) is 17.0 Å². The molecule has 2 aromatic carbocycles. The van der Waals surface area contributed by atoms with Crippen molar-refractivity contribution in [3.63, 3.8) is 0 Å². The van der Waals surface area contributed by atoms with E-state index in [4.69, 9.17) is 4.74 Å². The molecule has 0 radical (unpaired) electrons. The van der Waals surface area contributed by atoms with E-state index in [2.05, 4.69) is 20.6 Å². The number of anilines is 1. The number of rotatable bonds is 6. The molecule has 146 valence electrons. The lowest BCUT2D eigenvalue weighted by Crippen LogP contribution is -2.12. The highest BCUT2D eigenvalue weighted by Gasteiger charge is 2.19. The standard InChI is InChI=1S/C18H14N6O4S/c1-2-28-15-8-5-12(9-14(15)24(26)27)16(25)20-13-6-3-11(4-7-13)17-22-23-10-19-21-18(23)29-17/h3-10H,2H2,1H3,(H,20,25). The summed E-state index contributed by atoms with van der Waals surface area (Å²) in [6.07, 6.45) is 1.53. The van der Waals surface area contributed by atoms with Crippen molar-refractivity contribution in [1.82, 2.24) is 19.8 Å². The summed E-state index contributed by atoms with van der Waals surface area (Å²) < 4.78 is 6.83. The fourth-order valence-corrected chi connectivity index (χ4v) is 3.48. The van der Waals surface area contributed by atoms with Crippen molar-refractivity contribution >= 4 is 33.6 Å². The van der Waals surface area contributed by atoms with Gasteiger partial charge in [0.15, 0.2) is 5.75 Å². The van der Waals surface area contributed by atoms with Gasteiger partial charge in [0.1, 0.15) is 11.3 Å². The third kappa shape index (κ3) is 3.75. The number of hydrogen-bond acceptors (Lipinski definition) is 8. The zero-order chi connectivity index (χ0) is 20.4. The van der Waals surface area contributed by atoms with Crippen LogP contribution in [-0.2, 0) is 0 Å². The fraction of sp³-hybridized carbons (Fsp3) is 0.111.